The van der Waals surface area contributed by atoms with Crippen molar-refractivity contribution in [2.24, 2.45) is 11.8 Å². The van der Waals surface area contributed by atoms with Gasteiger partial charge >= 0.3 is 5.97 Å². The molecule has 1 fully saturated rings. The van der Waals surface area contributed by atoms with Crippen LogP contribution in [0.15, 0.2) is 0 Å². The number of carbonyl (C=O) groups is 1. The van der Waals surface area contributed by atoms with Gasteiger partial charge in [-0.05, 0) is 39.0 Å². The van der Waals surface area contributed by atoms with Crippen LogP contribution in [0.25, 0.3) is 0 Å². The Morgan fingerprint density at radius 2 is 2.21 bits per heavy atom. The lowest BCUT2D eigenvalue weighted by molar-refractivity contribution is -0.154. The first-order valence-electron chi connectivity index (χ1n) is 5.44. The molecular weight excluding hydrogens is 180 g/mol. The minimum atomic E-state index is -0.0850. The molecule has 1 rings (SSSR count). The van der Waals surface area contributed by atoms with Gasteiger partial charge in [-0.15, -0.1) is 0 Å². The molecule has 0 radical (unpaired) electrons. The molecule has 3 heteroatoms. The molecule has 1 saturated carbocycles. The van der Waals surface area contributed by atoms with Gasteiger partial charge in [-0.2, -0.15) is 0 Å². The molecular formula is C11H20O3. The van der Waals surface area contributed by atoms with Crippen LogP contribution in [0, 0.1) is 11.8 Å². The topological polar surface area (TPSA) is 46.5 Å². The normalized spacial score (nSPS) is 27.7. The molecule has 0 aromatic rings. The van der Waals surface area contributed by atoms with E-state index in [9.17, 15) is 4.79 Å². The summed E-state index contributed by atoms with van der Waals surface area (Å²) in [6.45, 7) is 3.93. The van der Waals surface area contributed by atoms with Crippen molar-refractivity contribution >= 4 is 5.97 Å². The van der Waals surface area contributed by atoms with Gasteiger partial charge in [-0.1, -0.05) is 6.42 Å². The molecule has 0 aromatic heterocycles. The average molecular weight is 200 g/mol. The standard InChI is InChI=1S/C11H20O3/c1-8(2)14-11(13)10-5-3-4-9(6-10)7-12/h8-10,12H,3-7H2,1-2H3. The molecule has 1 aliphatic carbocycles. The maximum atomic E-state index is 11.6. The fraction of sp³-hybridized carbons (Fsp3) is 0.909. The van der Waals surface area contributed by atoms with Crippen LogP contribution in [0.1, 0.15) is 39.5 Å². The third-order valence-electron chi connectivity index (χ3n) is 2.73. The minimum absolute atomic E-state index is 0.0169. The van der Waals surface area contributed by atoms with E-state index in [-0.39, 0.29) is 24.6 Å². The highest BCUT2D eigenvalue weighted by Gasteiger charge is 2.28. The molecule has 0 bridgehead atoms. The first-order valence-corrected chi connectivity index (χ1v) is 5.44. The van der Waals surface area contributed by atoms with Crippen LogP contribution in [0.3, 0.4) is 0 Å². The lowest BCUT2D eigenvalue weighted by Gasteiger charge is -2.26. The largest absolute Gasteiger partial charge is 0.463 e. The molecule has 0 amide bonds. The Bertz CT molecular complexity index is 189. The number of ether oxygens (including phenoxy) is 1. The van der Waals surface area contributed by atoms with Crippen LogP contribution in [-0.4, -0.2) is 23.8 Å². The smallest absolute Gasteiger partial charge is 0.309 e. The maximum Gasteiger partial charge on any atom is 0.309 e. The lowest BCUT2D eigenvalue weighted by atomic mass is 9.82. The van der Waals surface area contributed by atoms with Gasteiger partial charge in [-0.3, -0.25) is 4.79 Å². The predicted octanol–water partition coefficient (Wildman–Crippen LogP) is 1.74. The van der Waals surface area contributed by atoms with Gasteiger partial charge in [0, 0.05) is 6.61 Å². The Balaban J connectivity index is 2.39. The quantitative estimate of drug-likeness (QED) is 0.706. The summed E-state index contributed by atoms with van der Waals surface area (Å²) in [6, 6.07) is 0. The molecule has 0 heterocycles. The molecule has 0 aromatic carbocycles. The SMILES string of the molecule is CC(C)OC(=O)C1CCCC(CO)C1. The van der Waals surface area contributed by atoms with Gasteiger partial charge in [0.15, 0.2) is 0 Å². The van der Waals surface area contributed by atoms with Gasteiger partial charge in [0.1, 0.15) is 0 Å². The molecule has 14 heavy (non-hydrogen) atoms. The summed E-state index contributed by atoms with van der Waals surface area (Å²) in [6.07, 6.45) is 3.76. The zero-order valence-corrected chi connectivity index (χ0v) is 9.03. The van der Waals surface area contributed by atoms with E-state index in [1.807, 2.05) is 13.8 Å². The molecule has 0 spiro atoms. The molecule has 1 N–H and O–H groups in total. The van der Waals surface area contributed by atoms with Crippen molar-refractivity contribution < 1.29 is 14.6 Å². The second-order valence-electron chi connectivity index (χ2n) is 4.40. The Kier molecular flexibility index (Phi) is 4.39. The predicted molar refractivity (Wildman–Crippen MR) is 53.8 cm³/mol. The summed E-state index contributed by atoms with van der Waals surface area (Å²) in [7, 11) is 0. The summed E-state index contributed by atoms with van der Waals surface area (Å²) in [5, 5.41) is 9.02. The van der Waals surface area contributed by atoms with Crippen molar-refractivity contribution in [3.05, 3.63) is 0 Å². The van der Waals surface area contributed by atoms with Crippen LogP contribution in [-0.2, 0) is 9.53 Å². The lowest BCUT2D eigenvalue weighted by Crippen LogP contribution is -2.27. The van der Waals surface area contributed by atoms with E-state index in [0.717, 1.165) is 25.7 Å². The fourth-order valence-electron chi connectivity index (χ4n) is 2.00. The Morgan fingerprint density at radius 3 is 2.79 bits per heavy atom. The number of hydrogen-bond acceptors (Lipinski definition) is 3. The van der Waals surface area contributed by atoms with Gasteiger partial charge < -0.3 is 9.84 Å². The number of carbonyl (C=O) groups excluding carboxylic acids is 1. The summed E-state index contributed by atoms with van der Waals surface area (Å²) in [4.78, 5) is 11.6. The monoisotopic (exact) mass is 200 g/mol. The highest BCUT2D eigenvalue weighted by Crippen LogP contribution is 2.29. The zero-order valence-electron chi connectivity index (χ0n) is 9.03. The van der Waals surface area contributed by atoms with E-state index in [4.69, 9.17) is 9.84 Å². The molecule has 0 saturated heterocycles. The second-order valence-corrected chi connectivity index (χ2v) is 4.40. The van der Waals surface area contributed by atoms with Gasteiger partial charge in [0.25, 0.3) is 0 Å². The van der Waals surface area contributed by atoms with Crippen molar-refractivity contribution in [2.45, 2.75) is 45.6 Å². The first-order chi connectivity index (χ1) is 6.63. The number of hydrogen-bond donors (Lipinski definition) is 1. The summed E-state index contributed by atoms with van der Waals surface area (Å²) >= 11 is 0. The highest BCUT2D eigenvalue weighted by atomic mass is 16.5. The number of rotatable bonds is 3. The van der Waals surface area contributed by atoms with Crippen LogP contribution in [0.4, 0.5) is 0 Å². The molecule has 3 nitrogen and oxygen atoms in total. The van der Waals surface area contributed by atoms with E-state index in [2.05, 4.69) is 0 Å². The number of aliphatic hydroxyl groups excluding tert-OH is 1. The number of aliphatic hydroxyl groups is 1. The minimum Gasteiger partial charge on any atom is -0.463 e. The van der Waals surface area contributed by atoms with Crippen molar-refractivity contribution in [1.29, 1.82) is 0 Å². The molecule has 2 unspecified atom stereocenters. The third kappa shape index (κ3) is 3.29. The summed E-state index contributed by atoms with van der Waals surface area (Å²) in [5.74, 6) is 0.231. The molecule has 0 aliphatic heterocycles. The van der Waals surface area contributed by atoms with Gasteiger partial charge in [-0.25, -0.2) is 0 Å². The molecule has 1 aliphatic rings. The summed E-state index contributed by atoms with van der Waals surface area (Å²) < 4.78 is 5.16. The second kappa shape index (κ2) is 5.35. The van der Waals surface area contributed by atoms with Gasteiger partial charge in [0.05, 0.1) is 12.0 Å². The van der Waals surface area contributed by atoms with Crippen LogP contribution in [0.2, 0.25) is 0 Å². The third-order valence-corrected chi connectivity index (χ3v) is 2.73. The van der Waals surface area contributed by atoms with E-state index in [1.54, 1.807) is 0 Å². The van der Waals surface area contributed by atoms with E-state index >= 15 is 0 Å². The average Bonchev–Trinajstić information content (AvgIpc) is 2.17. The van der Waals surface area contributed by atoms with E-state index in [0.29, 0.717) is 5.92 Å². The number of esters is 1. The Labute approximate surface area is 85.5 Å². The Hall–Kier alpha value is -0.570. The summed E-state index contributed by atoms with van der Waals surface area (Å²) in [5.41, 5.74) is 0. The Morgan fingerprint density at radius 1 is 1.50 bits per heavy atom. The van der Waals surface area contributed by atoms with Crippen LogP contribution >= 0.6 is 0 Å². The van der Waals surface area contributed by atoms with Crippen molar-refractivity contribution in [3.63, 3.8) is 0 Å². The first kappa shape index (κ1) is 11.5. The fourth-order valence-corrected chi connectivity index (χ4v) is 2.00. The van der Waals surface area contributed by atoms with Crippen molar-refractivity contribution in [3.8, 4) is 0 Å². The van der Waals surface area contributed by atoms with Crippen LogP contribution < -0.4 is 0 Å². The van der Waals surface area contributed by atoms with Crippen molar-refractivity contribution in [2.75, 3.05) is 6.61 Å². The highest BCUT2D eigenvalue weighted by molar-refractivity contribution is 5.72. The van der Waals surface area contributed by atoms with Crippen molar-refractivity contribution in [1.82, 2.24) is 0 Å². The molecule has 82 valence electrons. The molecule has 2 atom stereocenters. The van der Waals surface area contributed by atoms with Crippen LogP contribution in [0.5, 0.6) is 0 Å². The van der Waals surface area contributed by atoms with E-state index in [1.165, 1.54) is 0 Å². The van der Waals surface area contributed by atoms with Gasteiger partial charge in [0.2, 0.25) is 0 Å². The maximum absolute atomic E-state index is 11.6. The van der Waals surface area contributed by atoms with E-state index < -0.39 is 0 Å². The zero-order chi connectivity index (χ0) is 10.6.